The van der Waals surface area contributed by atoms with E-state index < -0.39 is 4.92 Å². The van der Waals surface area contributed by atoms with Crippen molar-refractivity contribution in [1.82, 2.24) is 4.90 Å². The number of nitro groups is 1. The van der Waals surface area contributed by atoms with E-state index in [0.29, 0.717) is 18.3 Å². The van der Waals surface area contributed by atoms with Crippen molar-refractivity contribution in [2.75, 3.05) is 32.1 Å². The molecule has 1 amide bonds. The summed E-state index contributed by atoms with van der Waals surface area (Å²) >= 11 is 0. The third kappa shape index (κ3) is 4.67. The molecule has 0 radical (unpaired) electrons. The molecule has 148 valence electrons. The van der Waals surface area contributed by atoms with Crippen molar-refractivity contribution in [2.24, 2.45) is 0 Å². The number of carbonyl (C=O) groups is 1. The number of carbonyl (C=O) groups excluding carboxylic acids is 1. The average molecular weight is 383 g/mol. The molecule has 0 bridgehead atoms. The van der Waals surface area contributed by atoms with Gasteiger partial charge in [-0.25, -0.2) is 0 Å². The minimum absolute atomic E-state index is 0.0173. The van der Waals surface area contributed by atoms with Gasteiger partial charge in [-0.3, -0.25) is 19.8 Å². The van der Waals surface area contributed by atoms with Crippen LogP contribution in [0.2, 0.25) is 0 Å². The summed E-state index contributed by atoms with van der Waals surface area (Å²) in [5.41, 5.74) is 1.90. The summed E-state index contributed by atoms with van der Waals surface area (Å²) < 4.78 is 5.20. The topological polar surface area (TPSA) is 75.9 Å². The second-order valence-electron chi connectivity index (χ2n) is 7.04. The number of non-ortho nitro benzene ring substituents is 1. The monoisotopic (exact) mass is 383 g/mol. The quantitative estimate of drug-likeness (QED) is 0.542. The molecule has 1 saturated heterocycles. The highest BCUT2D eigenvalue weighted by Crippen LogP contribution is 2.23. The van der Waals surface area contributed by atoms with Gasteiger partial charge in [0.2, 0.25) is 5.91 Å². The number of benzene rings is 2. The summed E-state index contributed by atoms with van der Waals surface area (Å²) in [6.45, 7) is 1.25. The van der Waals surface area contributed by atoms with Crippen molar-refractivity contribution < 1.29 is 14.5 Å². The molecule has 0 aliphatic carbocycles. The Kier molecular flexibility index (Phi) is 6.26. The van der Waals surface area contributed by atoms with Gasteiger partial charge in [-0.05, 0) is 55.6 Å². The average Bonchev–Trinajstić information content (AvgIpc) is 3.14. The predicted octanol–water partition coefficient (Wildman–Crippen LogP) is 3.27. The van der Waals surface area contributed by atoms with Crippen LogP contribution in [0.15, 0.2) is 48.5 Å². The Hall–Kier alpha value is -2.93. The summed E-state index contributed by atoms with van der Waals surface area (Å²) in [7, 11) is 3.36. The summed E-state index contributed by atoms with van der Waals surface area (Å²) in [6.07, 6.45) is 3.05. The van der Waals surface area contributed by atoms with Crippen molar-refractivity contribution in [2.45, 2.75) is 25.3 Å². The molecule has 3 rings (SSSR count). The van der Waals surface area contributed by atoms with Crippen molar-refractivity contribution in [3.8, 4) is 5.75 Å². The van der Waals surface area contributed by atoms with E-state index >= 15 is 0 Å². The lowest BCUT2D eigenvalue weighted by atomic mass is 10.0. The van der Waals surface area contributed by atoms with Crippen LogP contribution < -0.4 is 9.64 Å². The van der Waals surface area contributed by atoms with Crippen LogP contribution >= 0.6 is 0 Å². The molecule has 7 heteroatoms. The molecule has 0 N–H and O–H groups in total. The number of amides is 1. The Labute approximate surface area is 164 Å². The van der Waals surface area contributed by atoms with E-state index in [4.69, 9.17) is 4.74 Å². The van der Waals surface area contributed by atoms with Gasteiger partial charge in [0.15, 0.2) is 0 Å². The Balaban J connectivity index is 1.60. The van der Waals surface area contributed by atoms with Gasteiger partial charge < -0.3 is 9.64 Å². The van der Waals surface area contributed by atoms with Crippen molar-refractivity contribution in [3.63, 3.8) is 0 Å². The van der Waals surface area contributed by atoms with Gasteiger partial charge >= 0.3 is 0 Å². The minimum atomic E-state index is -0.445. The van der Waals surface area contributed by atoms with Gasteiger partial charge in [-0.15, -0.1) is 0 Å². The van der Waals surface area contributed by atoms with Crippen molar-refractivity contribution in [1.29, 1.82) is 0 Å². The first-order chi connectivity index (χ1) is 13.5. The van der Waals surface area contributed by atoms with Gasteiger partial charge in [0.25, 0.3) is 5.69 Å². The fourth-order valence-electron chi connectivity index (χ4n) is 3.59. The number of anilines is 1. The molecule has 1 aliphatic heterocycles. The number of likely N-dealkylation sites (tertiary alicyclic amines) is 1. The van der Waals surface area contributed by atoms with Crippen LogP contribution in [-0.2, 0) is 11.2 Å². The zero-order chi connectivity index (χ0) is 20.1. The molecule has 1 heterocycles. The zero-order valence-electron chi connectivity index (χ0n) is 16.2. The summed E-state index contributed by atoms with van der Waals surface area (Å²) in [5, 5.41) is 10.8. The first-order valence-corrected chi connectivity index (χ1v) is 9.36. The van der Waals surface area contributed by atoms with E-state index in [1.54, 1.807) is 31.2 Å². The molecule has 0 unspecified atom stereocenters. The van der Waals surface area contributed by atoms with Crippen LogP contribution in [0, 0.1) is 10.1 Å². The van der Waals surface area contributed by atoms with Crippen LogP contribution in [0.4, 0.5) is 11.4 Å². The van der Waals surface area contributed by atoms with Gasteiger partial charge in [-0.1, -0.05) is 12.1 Å². The molecule has 0 aromatic heterocycles. The van der Waals surface area contributed by atoms with Crippen molar-refractivity contribution in [3.05, 3.63) is 64.2 Å². The number of ether oxygens (including phenoxy) is 1. The molecule has 7 nitrogen and oxygen atoms in total. The van der Waals surface area contributed by atoms with E-state index in [-0.39, 0.29) is 11.6 Å². The Morgan fingerprint density at radius 3 is 2.50 bits per heavy atom. The number of hydrogen-bond acceptors (Lipinski definition) is 5. The lowest BCUT2D eigenvalue weighted by Crippen LogP contribution is -2.41. The molecular weight excluding hydrogens is 358 g/mol. The van der Waals surface area contributed by atoms with E-state index in [1.807, 2.05) is 12.1 Å². The second kappa shape index (κ2) is 8.84. The van der Waals surface area contributed by atoms with Crippen LogP contribution in [0.1, 0.15) is 18.4 Å². The maximum Gasteiger partial charge on any atom is 0.269 e. The first kappa shape index (κ1) is 19.8. The van der Waals surface area contributed by atoms with E-state index in [9.17, 15) is 14.9 Å². The summed E-state index contributed by atoms with van der Waals surface area (Å²) in [5.74, 6) is 0.822. The van der Waals surface area contributed by atoms with Crippen LogP contribution in [0.25, 0.3) is 0 Å². The number of likely N-dealkylation sites (N-methyl/N-ethyl adjacent to an activating group) is 1. The molecular formula is C21H25N3O4. The van der Waals surface area contributed by atoms with Gasteiger partial charge in [-0.2, -0.15) is 0 Å². The van der Waals surface area contributed by atoms with E-state index in [2.05, 4.69) is 17.0 Å². The number of rotatable bonds is 7. The Morgan fingerprint density at radius 1 is 1.21 bits per heavy atom. The smallest absolute Gasteiger partial charge is 0.269 e. The normalized spacial score (nSPS) is 16.7. The van der Waals surface area contributed by atoms with Gasteiger partial charge in [0, 0.05) is 30.9 Å². The molecule has 0 saturated carbocycles. The first-order valence-electron chi connectivity index (χ1n) is 9.36. The molecule has 1 fully saturated rings. The van der Waals surface area contributed by atoms with Gasteiger partial charge in [0.05, 0.1) is 18.6 Å². The number of nitrogens with zero attached hydrogens (tertiary/aromatic N) is 3. The van der Waals surface area contributed by atoms with E-state index in [1.165, 1.54) is 17.7 Å². The number of hydrogen-bond donors (Lipinski definition) is 0. The van der Waals surface area contributed by atoms with Crippen LogP contribution in [-0.4, -0.2) is 49.0 Å². The molecule has 28 heavy (non-hydrogen) atoms. The lowest BCUT2D eigenvalue weighted by Gasteiger charge is -2.26. The molecule has 2 aromatic carbocycles. The second-order valence-corrected chi connectivity index (χ2v) is 7.04. The highest BCUT2D eigenvalue weighted by molar-refractivity contribution is 5.94. The highest BCUT2D eigenvalue weighted by Gasteiger charge is 2.27. The Bertz CT molecular complexity index is 821. The molecule has 1 aliphatic rings. The SMILES string of the molecule is COc1ccc(C[C@@H]2CCCN2CC(=O)N(C)c2ccc([N+](=O)[O-])cc2)cc1. The minimum Gasteiger partial charge on any atom is -0.497 e. The third-order valence-electron chi connectivity index (χ3n) is 5.29. The molecule has 1 atom stereocenters. The highest BCUT2D eigenvalue weighted by atomic mass is 16.6. The largest absolute Gasteiger partial charge is 0.497 e. The standard InChI is InChI=1S/C21H25N3O4/c1-22(17-7-9-18(10-8-17)24(26)27)21(25)15-23-13-3-4-19(23)14-16-5-11-20(28-2)12-6-16/h5-12,19H,3-4,13-15H2,1-2H3/t19-/m0/s1. The number of nitro benzene ring substituents is 1. The van der Waals surface area contributed by atoms with Gasteiger partial charge in [0.1, 0.15) is 5.75 Å². The fourth-order valence-corrected chi connectivity index (χ4v) is 3.59. The number of methoxy groups -OCH3 is 1. The summed E-state index contributed by atoms with van der Waals surface area (Å²) in [6, 6.07) is 14.4. The fraction of sp³-hybridized carbons (Fsp3) is 0.381. The maximum atomic E-state index is 12.7. The van der Waals surface area contributed by atoms with Crippen LogP contribution in [0.5, 0.6) is 5.75 Å². The predicted molar refractivity (Wildman–Crippen MR) is 108 cm³/mol. The molecule has 2 aromatic rings. The summed E-state index contributed by atoms with van der Waals surface area (Å²) in [4.78, 5) is 26.9. The van der Waals surface area contributed by atoms with E-state index in [0.717, 1.165) is 31.6 Å². The Morgan fingerprint density at radius 2 is 1.89 bits per heavy atom. The molecule has 0 spiro atoms. The lowest BCUT2D eigenvalue weighted by molar-refractivity contribution is -0.384. The van der Waals surface area contributed by atoms with Crippen molar-refractivity contribution >= 4 is 17.3 Å². The maximum absolute atomic E-state index is 12.7. The van der Waals surface area contributed by atoms with Crippen LogP contribution in [0.3, 0.4) is 0 Å². The zero-order valence-corrected chi connectivity index (χ0v) is 16.2. The third-order valence-corrected chi connectivity index (χ3v) is 5.29.